The zero-order valence-electron chi connectivity index (χ0n) is 11.5. The SMILES string of the molecule is CC(Cc1ccc2c(c1)OCO2)N(C)C(=O)CC(=O)O. The van der Waals surface area contributed by atoms with E-state index >= 15 is 0 Å². The van der Waals surface area contributed by atoms with Gasteiger partial charge in [0.2, 0.25) is 12.7 Å². The van der Waals surface area contributed by atoms with Crippen molar-refractivity contribution in [2.45, 2.75) is 25.8 Å². The molecule has 0 radical (unpaired) electrons. The fraction of sp³-hybridized carbons (Fsp3) is 0.429. The molecule has 0 fully saturated rings. The summed E-state index contributed by atoms with van der Waals surface area (Å²) in [5, 5.41) is 8.63. The highest BCUT2D eigenvalue weighted by Crippen LogP contribution is 2.32. The van der Waals surface area contributed by atoms with Crippen molar-refractivity contribution in [2.24, 2.45) is 0 Å². The average Bonchev–Trinajstić information content (AvgIpc) is 2.84. The zero-order chi connectivity index (χ0) is 14.7. The van der Waals surface area contributed by atoms with E-state index in [0.29, 0.717) is 12.2 Å². The van der Waals surface area contributed by atoms with Crippen molar-refractivity contribution in [3.63, 3.8) is 0 Å². The van der Waals surface area contributed by atoms with Gasteiger partial charge in [0, 0.05) is 13.1 Å². The predicted octanol–water partition coefficient (Wildman–Crippen LogP) is 1.28. The second-order valence-electron chi connectivity index (χ2n) is 4.82. The van der Waals surface area contributed by atoms with Gasteiger partial charge in [-0.05, 0) is 31.0 Å². The highest BCUT2D eigenvalue weighted by Gasteiger charge is 2.20. The number of amides is 1. The molecule has 1 atom stereocenters. The van der Waals surface area contributed by atoms with Crippen LogP contribution in [0.3, 0.4) is 0 Å². The van der Waals surface area contributed by atoms with Crippen LogP contribution in [0.25, 0.3) is 0 Å². The van der Waals surface area contributed by atoms with Crippen molar-refractivity contribution < 1.29 is 24.2 Å². The van der Waals surface area contributed by atoms with Crippen LogP contribution in [0.4, 0.5) is 0 Å². The van der Waals surface area contributed by atoms with Crippen molar-refractivity contribution in [1.82, 2.24) is 4.90 Å². The van der Waals surface area contributed by atoms with E-state index < -0.39 is 18.3 Å². The van der Waals surface area contributed by atoms with Gasteiger partial charge in [-0.3, -0.25) is 9.59 Å². The highest BCUT2D eigenvalue weighted by molar-refractivity contribution is 5.93. The number of fused-ring (bicyclic) bond motifs is 1. The number of hydrogen-bond donors (Lipinski definition) is 1. The van der Waals surface area contributed by atoms with Gasteiger partial charge in [-0.15, -0.1) is 0 Å². The average molecular weight is 279 g/mol. The Morgan fingerprint density at radius 3 is 2.75 bits per heavy atom. The first kappa shape index (κ1) is 14.2. The van der Waals surface area contributed by atoms with Crippen molar-refractivity contribution in [2.75, 3.05) is 13.8 Å². The second-order valence-corrected chi connectivity index (χ2v) is 4.82. The van der Waals surface area contributed by atoms with Crippen LogP contribution in [0.5, 0.6) is 11.5 Å². The van der Waals surface area contributed by atoms with Crippen LogP contribution in [0.2, 0.25) is 0 Å². The first-order chi connectivity index (χ1) is 9.47. The Balaban J connectivity index is 1.98. The van der Waals surface area contributed by atoms with Crippen molar-refractivity contribution >= 4 is 11.9 Å². The van der Waals surface area contributed by atoms with Gasteiger partial charge >= 0.3 is 5.97 Å². The third kappa shape index (κ3) is 3.20. The van der Waals surface area contributed by atoms with Crippen LogP contribution in [0, 0.1) is 0 Å². The van der Waals surface area contributed by atoms with Crippen LogP contribution < -0.4 is 9.47 Å². The minimum atomic E-state index is -1.11. The van der Waals surface area contributed by atoms with Gasteiger partial charge in [-0.25, -0.2) is 0 Å². The quantitative estimate of drug-likeness (QED) is 0.822. The Morgan fingerprint density at radius 1 is 1.35 bits per heavy atom. The first-order valence-electron chi connectivity index (χ1n) is 6.33. The number of nitrogens with zero attached hydrogens (tertiary/aromatic N) is 1. The van der Waals surface area contributed by atoms with E-state index in [1.807, 2.05) is 25.1 Å². The molecule has 1 amide bonds. The fourth-order valence-corrected chi connectivity index (χ4v) is 2.05. The summed E-state index contributed by atoms with van der Waals surface area (Å²) in [5.41, 5.74) is 1.01. The molecule has 6 nitrogen and oxygen atoms in total. The van der Waals surface area contributed by atoms with Crippen molar-refractivity contribution in [3.05, 3.63) is 23.8 Å². The Hall–Kier alpha value is -2.24. The molecule has 0 bridgehead atoms. The monoisotopic (exact) mass is 279 g/mol. The number of aliphatic carboxylic acids is 1. The van der Waals surface area contributed by atoms with E-state index in [0.717, 1.165) is 11.3 Å². The van der Waals surface area contributed by atoms with E-state index in [1.165, 1.54) is 4.90 Å². The molecule has 1 heterocycles. The van der Waals surface area contributed by atoms with Gasteiger partial charge in [-0.1, -0.05) is 6.07 Å². The van der Waals surface area contributed by atoms with Crippen LogP contribution in [-0.4, -0.2) is 41.8 Å². The molecule has 2 rings (SSSR count). The molecule has 0 aromatic heterocycles. The zero-order valence-corrected chi connectivity index (χ0v) is 11.5. The summed E-state index contributed by atoms with van der Waals surface area (Å²) in [6, 6.07) is 5.54. The molecule has 1 N–H and O–H groups in total. The molecule has 1 aromatic carbocycles. The van der Waals surface area contributed by atoms with E-state index in [9.17, 15) is 9.59 Å². The molecule has 0 spiro atoms. The van der Waals surface area contributed by atoms with Crippen LogP contribution in [-0.2, 0) is 16.0 Å². The number of carboxylic acid groups (broad SMARTS) is 1. The lowest BCUT2D eigenvalue weighted by atomic mass is 10.1. The molecule has 6 heteroatoms. The molecule has 0 aliphatic carbocycles. The third-order valence-electron chi connectivity index (χ3n) is 3.33. The minimum Gasteiger partial charge on any atom is -0.481 e. The Kier molecular flexibility index (Phi) is 4.12. The lowest BCUT2D eigenvalue weighted by Gasteiger charge is -2.24. The number of likely N-dealkylation sites (N-methyl/N-ethyl adjacent to an activating group) is 1. The van der Waals surface area contributed by atoms with Gasteiger partial charge < -0.3 is 19.5 Å². The van der Waals surface area contributed by atoms with E-state index in [1.54, 1.807) is 7.05 Å². The number of hydrogen-bond acceptors (Lipinski definition) is 4. The van der Waals surface area contributed by atoms with Crippen molar-refractivity contribution in [3.8, 4) is 11.5 Å². The van der Waals surface area contributed by atoms with Gasteiger partial charge in [0.1, 0.15) is 6.42 Å². The summed E-state index contributed by atoms with van der Waals surface area (Å²) in [6.45, 7) is 2.11. The Morgan fingerprint density at radius 2 is 2.05 bits per heavy atom. The molecule has 1 aromatic rings. The number of ether oxygens (including phenoxy) is 2. The molecule has 1 aliphatic rings. The molecular weight excluding hydrogens is 262 g/mol. The summed E-state index contributed by atoms with van der Waals surface area (Å²) in [6.07, 6.45) is 0.139. The summed E-state index contributed by atoms with van der Waals surface area (Å²) < 4.78 is 10.5. The molecule has 1 unspecified atom stereocenters. The minimum absolute atomic E-state index is 0.0952. The largest absolute Gasteiger partial charge is 0.481 e. The van der Waals surface area contributed by atoms with Crippen LogP contribution in [0.1, 0.15) is 18.9 Å². The highest BCUT2D eigenvalue weighted by atomic mass is 16.7. The normalized spacial score (nSPS) is 13.9. The molecule has 0 saturated heterocycles. The Bertz CT molecular complexity index is 528. The summed E-state index contributed by atoms with van der Waals surface area (Å²) >= 11 is 0. The predicted molar refractivity (Wildman–Crippen MR) is 70.8 cm³/mol. The Labute approximate surface area is 116 Å². The van der Waals surface area contributed by atoms with Crippen molar-refractivity contribution in [1.29, 1.82) is 0 Å². The van der Waals surface area contributed by atoms with E-state index in [2.05, 4.69) is 0 Å². The first-order valence-corrected chi connectivity index (χ1v) is 6.33. The number of rotatable bonds is 5. The standard InChI is InChI=1S/C14H17NO5/c1-9(15(2)13(16)7-14(17)18)5-10-3-4-11-12(6-10)20-8-19-11/h3-4,6,9H,5,7-8H2,1-2H3,(H,17,18). The number of carboxylic acids is 1. The maximum absolute atomic E-state index is 11.7. The lowest BCUT2D eigenvalue weighted by molar-refractivity contribution is -0.144. The summed E-state index contributed by atoms with van der Waals surface area (Å²) in [7, 11) is 1.61. The van der Waals surface area contributed by atoms with Gasteiger partial charge in [-0.2, -0.15) is 0 Å². The number of carbonyl (C=O) groups is 2. The molecule has 1 aliphatic heterocycles. The van der Waals surface area contributed by atoms with E-state index in [-0.39, 0.29) is 12.8 Å². The molecule has 108 valence electrons. The van der Waals surface area contributed by atoms with Crippen LogP contribution in [0.15, 0.2) is 18.2 Å². The molecular formula is C14H17NO5. The summed E-state index contributed by atoms with van der Waals surface area (Å²) in [5.74, 6) is -0.0891. The number of carbonyl (C=O) groups excluding carboxylic acids is 1. The lowest BCUT2D eigenvalue weighted by Crippen LogP contribution is -2.37. The molecule has 20 heavy (non-hydrogen) atoms. The van der Waals surface area contributed by atoms with Crippen LogP contribution >= 0.6 is 0 Å². The maximum atomic E-state index is 11.7. The maximum Gasteiger partial charge on any atom is 0.312 e. The van der Waals surface area contributed by atoms with Gasteiger partial charge in [0.25, 0.3) is 0 Å². The number of benzene rings is 1. The van der Waals surface area contributed by atoms with E-state index in [4.69, 9.17) is 14.6 Å². The third-order valence-corrected chi connectivity index (χ3v) is 3.33. The summed E-state index contributed by atoms with van der Waals surface area (Å²) in [4.78, 5) is 23.7. The molecule has 0 saturated carbocycles. The second kappa shape index (κ2) is 5.81. The smallest absolute Gasteiger partial charge is 0.312 e. The topological polar surface area (TPSA) is 76.1 Å². The fourth-order valence-electron chi connectivity index (χ4n) is 2.05. The van der Waals surface area contributed by atoms with Gasteiger partial charge in [0.15, 0.2) is 11.5 Å². The van der Waals surface area contributed by atoms with Gasteiger partial charge in [0.05, 0.1) is 0 Å².